The molecular weight excluding hydrogens is 260 g/mol. The molecular formula is C17H34N4. The molecule has 2 rings (SSSR count). The largest absolute Gasteiger partial charge is 0.357 e. The van der Waals surface area contributed by atoms with Crippen LogP contribution in [0.3, 0.4) is 0 Å². The fourth-order valence-electron chi connectivity index (χ4n) is 3.65. The van der Waals surface area contributed by atoms with E-state index in [2.05, 4.69) is 36.3 Å². The van der Waals surface area contributed by atoms with Crippen LogP contribution in [0.1, 0.15) is 59.3 Å². The third-order valence-electron chi connectivity index (χ3n) is 5.49. The average molecular weight is 294 g/mol. The number of nitrogens with zero attached hydrogens (tertiary/aromatic N) is 2. The van der Waals surface area contributed by atoms with Crippen molar-refractivity contribution in [1.82, 2.24) is 15.5 Å². The SMILES string of the molecule is CCNC(=NCC1(CC)CCC1)NCC1CCCN1CC. The summed E-state index contributed by atoms with van der Waals surface area (Å²) in [5.74, 6) is 1.01. The molecule has 21 heavy (non-hydrogen) atoms. The van der Waals surface area contributed by atoms with Crippen molar-refractivity contribution in [2.45, 2.75) is 65.3 Å². The number of hydrogen-bond donors (Lipinski definition) is 2. The molecule has 2 aliphatic rings. The Morgan fingerprint density at radius 3 is 2.57 bits per heavy atom. The molecule has 0 aromatic carbocycles. The summed E-state index contributed by atoms with van der Waals surface area (Å²) < 4.78 is 0. The summed E-state index contributed by atoms with van der Waals surface area (Å²) >= 11 is 0. The highest BCUT2D eigenvalue weighted by Gasteiger charge is 2.34. The summed E-state index contributed by atoms with van der Waals surface area (Å²) in [6.45, 7) is 12.1. The second-order valence-electron chi connectivity index (χ2n) is 6.71. The Balaban J connectivity index is 1.83. The van der Waals surface area contributed by atoms with E-state index in [4.69, 9.17) is 4.99 Å². The van der Waals surface area contributed by atoms with Crippen LogP contribution in [0, 0.1) is 5.41 Å². The quantitative estimate of drug-likeness (QED) is 0.560. The van der Waals surface area contributed by atoms with Crippen molar-refractivity contribution < 1.29 is 0 Å². The molecule has 4 nitrogen and oxygen atoms in total. The number of nitrogens with one attached hydrogen (secondary N) is 2. The third-order valence-corrected chi connectivity index (χ3v) is 5.49. The summed E-state index contributed by atoms with van der Waals surface area (Å²) in [5, 5.41) is 6.97. The molecule has 0 radical (unpaired) electrons. The van der Waals surface area contributed by atoms with Crippen LogP contribution in [-0.4, -0.2) is 49.6 Å². The van der Waals surface area contributed by atoms with E-state index in [9.17, 15) is 0 Å². The van der Waals surface area contributed by atoms with Crippen LogP contribution in [0.4, 0.5) is 0 Å². The lowest BCUT2D eigenvalue weighted by molar-refractivity contribution is 0.139. The number of rotatable bonds is 7. The molecule has 1 heterocycles. The van der Waals surface area contributed by atoms with Gasteiger partial charge in [-0.05, 0) is 57.5 Å². The predicted molar refractivity (Wildman–Crippen MR) is 90.8 cm³/mol. The maximum atomic E-state index is 4.87. The van der Waals surface area contributed by atoms with Crippen LogP contribution in [0.5, 0.6) is 0 Å². The zero-order valence-corrected chi connectivity index (χ0v) is 14.2. The van der Waals surface area contributed by atoms with Gasteiger partial charge in [-0.15, -0.1) is 0 Å². The molecule has 0 aromatic heterocycles. The first-order valence-corrected chi connectivity index (χ1v) is 8.99. The van der Waals surface area contributed by atoms with Crippen molar-refractivity contribution in [3.63, 3.8) is 0 Å². The minimum absolute atomic E-state index is 0.505. The highest BCUT2D eigenvalue weighted by Crippen LogP contribution is 2.43. The highest BCUT2D eigenvalue weighted by atomic mass is 15.2. The highest BCUT2D eigenvalue weighted by molar-refractivity contribution is 5.79. The summed E-state index contributed by atoms with van der Waals surface area (Å²) in [6.07, 6.45) is 8.03. The molecule has 122 valence electrons. The van der Waals surface area contributed by atoms with E-state index in [1.165, 1.54) is 51.6 Å². The second-order valence-corrected chi connectivity index (χ2v) is 6.71. The molecule has 0 amide bonds. The van der Waals surface area contributed by atoms with Gasteiger partial charge in [0.1, 0.15) is 0 Å². The Labute approximate surface area is 130 Å². The topological polar surface area (TPSA) is 39.7 Å². The van der Waals surface area contributed by atoms with Crippen molar-refractivity contribution in [1.29, 1.82) is 0 Å². The molecule has 0 spiro atoms. The smallest absolute Gasteiger partial charge is 0.191 e. The van der Waals surface area contributed by atoms with E-state index in [1.807, 2.05) is 0 Å². The van der Waals surface area contributed by atoms with Gasteiger partial charge in [0.15, 0.2) is 5.96 Å². The van der Waals surface area contributed by atoms with E-state index in [-0.39, 0.29) is 0 Å². The van der Waals surface area contributed by atoms with Gasteiger partial charge < -0.3 is 10.6 Å². The van der Waals surface area contributed by atoms with Gasteiger partial charge >= 0.3 is 0 Å². The molecule has 4 heteroatoms. The van der Waals surface area contributed by atoms with Crippen molar-refractivity contribution >= 4 is 5.96 Å². The molecule has 1 aliphatic carbocycles. The fraction of sp³-hybridized carbons (Fsp3) is 0.941. The fourth-order valence-corrected chi connectivity index (χ4v) is 3.65. The molecule has 1 unspecified atom stereocenters. The monoisotopic (exact) mass is 294 g/mol. The van der Waals surface area contributed by atoms with Crippen molar-refractivity contribution in [2.75, 3.05) is 32.7 Å². The Hall–Kier alpha value is -0.770. The first-order chi connectivity index (χ1) is 10.2. The Bertz CT molecular complexity index is 330. The lowest BCUT2D eigenvalue weighted by Gasteiger charge is -2.40. The van der Waals surface area contributed by atoms with E-state index in [1.54, 1.807) is 0 Å². The van der Waals surface area contributed by atoms with E-state index in [0.717, 1.165) is 25.6 Å². The lowest BCUT2D eigenvalue weighted by atomic mass is 9.67. The molecule has 0 bridgehead atoms. The summed E-state index contributed by atoms with van der Waals surface area (Å²) in [4.78, 5) is 7.45. The zero-order valence-electron chi connectivity index (χ0n) is 14.2. The standard InChI is InChI=1S/C17H34N4/c1-4-17(10-8-11-17)14-20-16(18-5-2)19-13-15-9-7-12-21(15)6-3/h15H,4-14H2,1-3H3,(H2,18,19,20). The van der Waals surface area contributed by atoms with Gasteiger partial charge in [0.05, 0.1) is 0 Å². The first kappa shape index (κ1) is 16.6. The minimum atomic E-state index is 0.505. The summed E-state index contributed by atoms with van der Waals surface area (Å²) in [7, 11) is 0. The average Bonchev–Trinajstić information content (AvgIpc) is 2.91. The number of hydrogen-bond acceptors (Lipinski definition) is 2. The van der Waals surface area contributed by atoms with Crippen LogP contribution in [0.2, 0.25) is 0 Å². The Kier molecular flexibility index (Phi) is 6.34. The normalized spacial score (nSPS) is 25.7. The van der Waals surface area contributed by atoms with E-state index in [0.29, 0.717) is 11.5 Å². The first-order valence-electron chi connectivity index (χ1n) is 8.99. The second kappa shape index (κ2) is 8.02. The van der Waals surface area contributed by atoms with Crippen molar-refractivity contribution in [3.8, 4) is 0 Å². The van der Waals surface area contributed by atoms with Gasteiger partial charge in [0, 0.05) is 25.7 Å². The van der Waals surface area contributed by atoms with E-state index < -0.39 is 0 Å². The van der Waals surface area contributed by atoms with E-state index >= 15 is 0 Å². The molecule has 2 N–H and O–H groups in total. The van der Waals surface area contributed by atoms with Gasteiger partial charge in [-0.2, -0.15) is 0 Å². The maximum absolute atomic E-state index is 4.87. The molecule has 2 fully saturated rings. The minimum Gasteiger partial charge on any atom is -0.357 e. The summed E-state index contributed by atoms with van der Waals surface area (Å²) in [5.41, 5.74) is 0.505. The predicted octanol–water partition coefficient (Wildman–Crippen LogP) is 2.61. The molecule has 1 atom stereocenters. The lowest BCUT2D eigenvalue weighted by Crippen LogP contribution is -2.45. The summed E-state index contributed by atoms with van der Waals surface area (Å²) in [6, 6.07) is 0.683. The maximum Gasteiger partial charge on any atom is 0.191 e. The van der Waals surface area contributed by atoms with Crippen LogP contribution < -0.4 is 10.6 Å². The molecule has 1 saturated heterocycles. The number of guanidine groups is 1. The number of aliphatic imine (C=N–C) groups is 1. The zero-order chi connectivity index (χ0) is 15.1. The van der Waals surface area contributed by atoms with Crippen molar-refractivity contribution in [3.05, 3.63) is 0 Å². The number of likely N-dealkylation sites (tertiary alicyclic amines) is 1. The van der Waals surface area contributed by atoms with Gasteiger partial charge in [0.2, 0.25) is 0 Å². The van der Waals surface area contributed by atoms with Crippen molar-refractivity contribution in [2.24, 2.45) is 10.4 Å². The molecule has 0 aromatic rings. The van der Waals surface area contributed by atoms with Gasteiger partial charge in [-0.3, -0.25) is 9.89 Å². The van der Waals surface area contributed by atoms with Gasteiger partial charge in [-0.25, -0.2) is 0 Å². The molecule has 1 aliphatic heterocycles. The van der Waals surface area contributed by atoms with Crippen LogP contribution in [0.15, 0.2) is 4.99 Å². The molecule has 1 saturated carbocycles. The van der Waals surface area contributed by atoms with Crippen LogP contribution in [-0.2, 0) is 0 Å². The Morgan fingerprint density at radius 1 is 1.19 bits per heavy atom. The Morgan fingerprint density at radius 2 is 2.00 bits per heavy atom. The van der Waals surface area contributed by atoms with Crippen LogP contribution in [0.25, 0.3) is 0 Å². The third kappa shape index (κ3) is 4.35. The van der Waals surface area contributed by atoms with Gasteiger partial charge in [-0.1, -0.05) is 20.3 Å². The number of likely N-dealkylation sites (N-methyl/N-ethyl adjacent to an activating group) is 1. The van der Waals surface area contributed by atoms with Gasteiger partial charge in [0.25, 0.3) is 0 Å². The van der Waals surface area contributed by atoms with Crippen LogP contribution >= 0.6 is 0 Å².